The van der Waals surface area contributed by atoms with Crippen molar-refractivity contribution in [1.29, 1.82) is 0 Å². The van der Waals surface area contributed by atoms with Crippen molar-refractivity contribution in [2.24, 2.45) is 10.9 Å². The van der Waals surface area contributed by atoms with Gasteiger partial charge in [-0.05, 0) is 31.8 Å². The van der Waals surface area contributed by atoms with E-state index in [1.54, 1.807) is 12.4 Å². The lowest BCUT2D eigenvalue weighted by atomic mass is 10.0. The smallest absolute Gasteiger partial charge is 0.0266 e. The van der Waals surface area contributed by atoms with Crippen molar-refractivity contribution in [3.8, 4) is 0 Å². The fourth-order valence-electron chi connectivity index (χ4n) is 0.792. The predicted molar refractivity (Wildman–Crippen MR) is 56.5 cm³/mol. The van der Waals surface area contributed by atoms with Crippen LogP contribution in [0.25, 0.3) is 0 Å². The van der Waals surface area contributed by atoms with Gasteiger partial charge in [-0.15, -0.1) is 0 Å². The first-order valence-corrected chi connectivity index (χ1v) is 4.49. The molecule has 0 atom stereocenters. The van der Waals surface area contributed by atoms with Crippen LogP contribution in [-0.4, -0.2) is 6.21 Å². The van der Waals surface area contributed by atoms with Crippen LogP contribution in [0.4, 0.5) is 0 Å². The van der Waals surface area contributed by atoms with Gasteiger partial charge in [-0.2, -0.15) is 0 Å². The summed E-state index contributed by atoms with van der Waals surface area (Å²) in [5.74, 6) is 0.754. The van der Waals surface area contributed by atoms with Crippen LogP contribution in [0.2, 0.25) is 0 Å². The van der Waals surface area contributed by atoms with E-state index in [9.17, 15) is 0 Å². The molecule has 1 nitrogen and oxygen atoms in total. The van der Waals surface area contributed by atoms with Gasteiger partial charge in [0.05, 0.1) is 0 Å². The normalized spacial score (nSPS) is 12.0. The quantitative estimate of drug-likeness (QED) is 0.436. The third-order valence-corrected chi connectivity index (χ3v) is 1.59. The van der Waals surface area contributed by atoms with Crippen molar-refractivity contribution in [2.75, 3.05) is 0 Å². The minimum absolute atomic E-state index is 0.754. The van der Waals surface area contributed by atoms with Crippen LogP contribution < -0.4 is 0 Å². The average molecular weight is 165 g/mol. The monoisotopic (exact) mass is 165 g/mol. The van der Waals surface area contributed by atoms with Gasteiger partial charge in [0.25, 0.3) is 0 Å². The minimum atomic E-state index is 0.754. The molecule has 0 saturated heterocycles. The maximum Gasteiger partial charge on any atom is 0.0266 e. The molecular weight excluding hydrogens is 146 g/mol. The summed E-state index contributed by atoms with van der Waals surface area (Å²) >= 11 is 0. The Hall–Kier alpha value is -0.850. The van der Waals surface area contributed by atoms with Crippen molar-refractivity contribution in [2.45, 2.75) is 33.6 Å². The third kappa shape index (κ3) is 7.26. The molecule has 0 aliphatic carbocycles. The first-order chi connectivity index (χ1) is 5.66. The van der Waals surface area contributed by atoms with E-state index in [0.29, 0.717) is 0 Å². The largest absolute Gasteiger partial charge is 0.269 e. The number of allylic oxidation sites excluding steroid dienone is 2. The molecule has 0 aromatic rings. The second kappa shape index (κ2) is 6.84. The van der Waals surface area contributed by atoms with E-state index < -0.39 is 0 Å². The summed E-state index contributed by atoms with van der Waals surface area (Å²) in [6, 6.07) is 0. The molecular formula is C11H19N. The molecule has 0 unspecified atom stereocenters. The second-order valence-corrected chi connectivity index (χ2v) is 3.31. The standard InChI is InChI=1S/C11H19N/c1-5-12-9-8-11(4)7-6-10(2)3/h5,8-10H,4,6-7H2,1-3H3/b9-8-,12-5?. The Bertz CT molecular complexity index is 175. The Kier molecular flexibility index (Phi) is 6.35. The van der Waals surface area contributed by atoms with E-state index in [1.807, 2.05) is 13.0 Å². The molecule has 68 valence electrons. The Morgan fingerprint density at radius 2 is 2.17 bits per heavy atom. The zero-order valence-electron chi connectivity index (χ0n) is 8.38. The molecule has 0 heterocycles. The van der Waals surface area contributed by atoms with Crippen molar-refractivity contribution in [3.05, 3.63) is 24.4 Å². The number of hydrogen-bond acceptors (Lipinski definition) is 1. The van der Waals surface area contributed by atoms with E-state index in [4.69, 9.17) is 0 Å². The molecule has 0 spiro atoms. The van der Waals surface area contributed by atoms with E-state index in [1.165, 1.54) is 6.42 Å². The molecule has 0 bridgehead atoms. The van der Waals surface area contributed by atoms with Gasteiger partial charge in [-0.25, -0.2) is 0 Å². The van der Waals surface area contributed by atoms with Crippen LogP contribution >= 0.6 is 0 Å². The summed E-state index contributed by atoms with van der Waals surface area (Å²) in [5.41, 5.74) is 1.16. The van der Waals surface area contributed by atoms with Gasteiger partial charge >= 0.3 is 0 Å². The van der Waals surface area contributed by atoms with Crippen molar-refractivity contribution >= 4 is 6.21 Å². The topological polar surface area (TPSA) is 12.4 Å². The van der Waals surface area contributed by atoms with E-state index in [0.717, 1.165) is 17.9 Å². The van der Waals surface area contributed by atoms with E-state index in [-0.39, 0.29) is 0 Å². The summed E-state index contributed by atoms with van der Waals surface area (Å²) in [5, 5.41) is 0. The van der Waals surface area contributed by atoms with Crippen LogP contribution in [0.1, 0.15) is 33.6 Å². The SMILES string of the molecule is C=C(/C=C\N=CC)CCC(C)C. The summed E-state index contributed by atoms with van der Waals surface area (Å²) < 4.78 is 0. The van der Waals surface area contributed by atoms with E-state index in [2.05, 4.69) is 25.4 Å². The number of nitrogens with zero attached hydrogens (tertiary/aromatic N) is 1. The molecule has 0 rings (SSSR count). The van der Waals surface area contributed by atoms with Gasteiger partial charge in [0.2, 0.25) is 0 Å². The summed E-state index contributed by atoms with van der Waals surface area (Å²) in [6.45, 7) is 10.3. The zero-order chi connectivity index (χ0) is 9.40. The van der Waals surface area contributed by atoms with Crippen molar-refractivity contribution < 1.29 is 0 Å². The number of rotatable bonds is 5. The lowest BCUT2D eigenvalue weighted by molar-refractivity contribution is 0.588. The highest BCUT2D eigenvalue weighted by molar-refractivity contribution is 5.54. The number of aliphatic imine (C=N–C) groups is 1. The van der Waals surface area contributed by atoms with Gasteiger partial charge in [0, 0.05) is 12.4 Å². The molecule has 0 amide bonds. The van der Waals surface area contributed by atoms with Crippen LogP contribution in [0, 0.1) is 5.92 Å². The first kappa shape index (κ1) is 11.2. The van der Waals surface area contributed by atoms with Crippen molar-refractivity contribution in [3.63, 3.8) is 0 Å². The second-order valence-electron chi connectivity index (χ2n) is 3.31. The molecule has 0 aliphatic rings. The Morgan fingerprint density at radius 3 is 2.67 bits per heavy atom. The average Bonchev–Trinajstić information content (AvgIpc) is 2.01. The highest BCUT2D eigenvalue weighted by Gasteiger charge is 1.93. The van der Waals surface area contributed by atoms with Crippen LogP contribution in [0.15, 0.2) is 29.4 Å². The molecule has 0 saturated carbocycles. The van der Waals surface area contributed by atoms with Gasteiger partial charge in [0.15, 0.2) is 0 Å². The van der Waals surface area contributed by atoms with Gasteiger partial charge in [-0.1, -0.05) is 26.0 Å². The lowest BCUT2D eigenvalue weighted by Crippen LogP contribution is -1.87. The van der Waals surface area contributed by atoms with Gasteiger partial charge in [-0.3, -0.25) is 4.99 Å². The maximum atomic E-state index is 3.97. The highest BCUT2D eigenvalue weighted by atomic mass is 14.6. The fraction of sp³-hybridized carbons (Fsp3) is 0.545. The van der Waals surface area contributed by atoms with Crippen LogP contribution in [0.3, 0.4) is 0 Å². The molecule has 0 aliphatic heterocycles. The maximum absolute atomic E-state index is 3.97. The minimum Gasteiger partial charge on any atom is -0.269 e. The van der Waals surface area contributed by atoms with Crippen LogP contribution in [-0.2, 0) is 0 Å². The molecule has 12 heavy (non-hydrogen) atoms. The van der Waals surface area contributed by atoms with E-state index >= 15 is 0 Å². The molecule has 1 heteroatoms. The first-order valence-electron chi connectivity index (χ1n) is 4.49. The third-order valence-electron chi connectivity index (χ3n) is 1.59. The highest BCUT2D eigenvalue weighted by Crippen LogP contribution is 2.10. The molecule has 0 aromatic carbocycles. The van der Waals surface area contributed by atoms with Crippen LogP contribution in [0.5, 0.6) is 0 Å². The Balaban J connectivity index is 3.59. The zero-order valence-corrected chi connectivity index (χ0v) is 8.38. The summed E-state index contributed by atoms with van der Waals surface area (Å²) in [4.78, 5) is 3.97. The fourth-order valence-corrected chi connectivity index (χ4v) is 0.792. The Labute approximate surface area is 75.9 Å². The lowest BCUT2D eigenvalue weighted by Gasteiger charge is -2.02. The summed E-state index contributed by atoms with van der Waals surface area (Å²) in [7, 11) is 0. The molecule has 0 radical (unpaired) electrons. The molecule has 0 N–H and O–H groups in total. The van der Waals surface area contributed by atoms with Gasteiger partial charge < -0.3 is 0 Å². The molecule has 0 fully saturated rings. The predicted octanol–water partition coefficient (Wildman–Crippen LogP) is 3.58. The van der Waals surface area contributed by atoms with Crippen molar-refractivity contribution in [1.82, 2.24) is 0 Å². The Morgan fingerprint density at radius 1 is 1.50 bits per heavy atom. The molecule has 0 aromatic heterocycles. The van der Waals surface area contributed by atoms with Gasteiger partial charge in [0.1, 0.15) is 0 Å². The summed E-state index contributed by atoms with van der Waals surface area (Å²) in [6.07, 6.45) is 7.82. The number of hydrogen-bond donors (Lipinski definition) is 0.